The van der Waals surface area contributed by atoms with E-state index in [1.165, 1.54) is 6.42 Å². The van der Waals surface area contributed by atoms with Crippen molar-refractivity contribution in [1.82, 2.24) is 31.0 Å². The van der Waals surface area contributed by atoms with Gasteiger partial charge in [-0.1, -0.05) is 89.5 Å². The standard InChI is InChI=1S/C5H12.2C4H11N.2C4H10O.C4H10S.C4H10.C3H10N2.C3H9NO.C3H9N.C2H6O/c1-4-5(2)3;5*1-4(2)5-3;1-4(2)3;1-4-5(2)3;1-4(2)5-3;1-4(2)3;1-3-2/h5H,4H2,1-3H3;2*4-5H,1-3H3;3*4H,1-3H3;4H,1-3H3;4H,1-3H3;1-3H3;1-3H3;1-2H3. The maximum absolute atomic E-state index is 4.75. The molecule has 10 nitrogen and oxygen atoms in total. The number of thioether (sulfide) groups is 1. The third kappa shape index (κ3) is 451. The topological polar surface area (TPSA) is 82.7 Å². The number of ether oxygens (including phenoxy) is 3. The Morgan fingerprint density at radius 3 is 0.667 bits per heavy atom. The maximum atomic E-state index is 4.75. The zero-order valence-corrected chi connectivity index (χ0v) is 42.4. The lowest BCUT2D eigenvalue weighted by atomic mass is 10.2. The summed E-state index contributed by atoms with van der Waals surface area (Å²) in [6.07, 6.45) is 4.19. The van der Waals surface area contributed by atoms with Crippen LogP contribution in [-0.4, -0.2) is 157 Å². The van der Waals surface area contributed by atoms with Gasteiger partial charge >= 0.3 is 0 Å². The summed E-state index contributed by atoms with van der Waals surface area (Å²) >= 11 is 1.88. The molecular formula is C40H108N6O4S. The molecule has 0 atom stereocenters. The third-order valence-corrected chi connectivity index (χ3v) is 5.14. The second-order valence-electron chi connectivity index (χ2n) is 14.1. The smallest absolute Gasteiger partial charge is 0.0574 e. The Kier molecular flexibility index (Phi) is 123. The van der Waals surface area contributed by atoms with Gasteiger partial charge in [0.1, 0.15) is 0 Å². The molecule has 0 fully saturated rings. The first-order valence-electron chi connectivity index (χ1n) is 18.5. The van der Waals surface area contributed by atoms with Crippen LogP contribution in [0.3, 0.4) is 0 Å². The minimum absolute atomic E-state index is 0.384. The quantitative estimate of drug-likeness (QED) is 0.207. The molecule has 0 amide bonds. The molecule has 0 aromatic carbocycles. The zero-order chi connectivity index (χ0) is 44.1. The molecule has 0 rings (SSSR count). The van der Waals surface area contributed by atoms with Crippen molar-refractivity contribution in [2.45, 2.75) is 147 Å². The van der Waals surface area contributed by atoms with Crippen LogP contribution in [0.4, 0.5) is 0 Å². The van der Waals surface area contributed by atoms with Gasteiger partial charge in [-0.15, -0.1) is 0 Å². The Morgan fingerprint density at radius 2 is 0.667 bits per heavy atom. The van der Waals surface area contributed by atoms with Gasteiger partial charge in [0.05, 0.1) is 19.3 Å². The summed E-state index contributed by atoms with van der Waals surface area (Å²) < 4.78 is 13.8. The second kappa shape index (κ2) is 78.9. The average Bonchev–Trinajstić information content (AvgIpc) is 3.02. The first-order chi connectivity index (χ1) is 23.0. The van der Waals surface area contributed by atoms with Gasteiger partial charge in [-0.25, -0.2) is 0 Å². The molecule has 0 aliphatic carbocycles. The lowest BCUT2D eigenvalue weighted by molar-refractivity contribution is -0.0855. The number of hydrazine groups is 1. The van der Waals surface area contributed by atoms with E-state index in [1.54, 1.807) is 40.6 Å². The number of rotatable bonds is 8. The van der Waals surface area contributed by atoms with Gasteiger partial charge in [-0.2, -0.15) is 16.8 Å². The predicted molar refractivity (Wildman–Crippen MR) is 243 cm³/mol. The fraction of sp³-hybridized carbons (Fsp3) is 1.00. The van der Waals surface area contributed by atoms with E-state index < -0.39 is 0 Å². The molecule has 3 N–H and O–H groups in total. The van der Waals surface area contributed by atoms with Crippen LogP contribution in [0.15, 0.2) is 0 Å². The lowest BCUT2D eigenvalue weighted by Crippen LogP contribution is -2.25. The van der Waals surface area contributed by atoms with E-state index in [0.717, 1.165) is 17.1 Å². The first kappa shape index (κ1) is 79.6. The van der Waals surface area contributed by atoms with Crippen LogP contribution in [0.2, 0.25) is 0 Å². The molecule has 0 saturated carbocycles. The Balaban J connectivity index is -0.0000000384. The number of hydrogen-bond donors (Lipinski definition) is 3. The van der Waals surface area contributed by atoms with Gasteiger partial charge in [-0.05, 0) is 93.3 Å². The first-order valence-corrected chi connectivity index (χ1v) is 19.8. The Hall–Kier alpha value is -0.0500. The molecule has 0 unspecified atom stereocenters. The van der Waals surface area contributed by atoms with E-state index >= 15 is 0 Å². The summed E-state index contributed by atoms with van der Waals surface area (Å²) in [7, 11) is 27.6. The third-order valence-electron chi connectivity index (χ3n) is 4.20. The summed E-state index contributed by atoms with van der Waals surface area (Å²) in [5.41, 5.74) is 2.86. The largest absolute Gasteiger partial charge is 0.388 e. The normalized spacial score (nSPS) is 9.29. The average molecular weight is 769 g/mol. The summed E-state index contributed by atoms with van der Waals surface area (Å²) in [5, 5.41) is 10.4. The molecule has 0 saturated heterocycles. The highest BCUT2D eigenvalue weighted by molar-refractivity contribution is 7.99. The number of nitrogens with one attached hydrogen (secondary N) is 3. The highest BCUT2D eigenvalue weighted by Gasteiger charge is 1.81. The molecule has 0 aliphatic rings. The van der Waals surface area contributed by atoms with Crippen LogP contribution in [-0.2, 0) is 19.0 Å². The van der Waals surface area contributed by atoms with E-state index in [4.69, 9.17) is 9.47 Å². The van der Waals surface area contributed by atoms with E-state index in [0.29, 0.717) is 24.3 Å². The molecule has 11 heteroatoms. The van der Waals surface area contributed by atoms with Crippen molar-refractivity contribution in [3.8, 4) is 0 Å². The molecule has 51 heavy (non-hydrogen) atoms. The van der Waals surface area contributed by atoms with Crippen molar-refractivity contribution in [3.63, 3.8) is 0 Å². The molecule has 0 aliphatic heterocycles. The Bertz CT molecular complexity index is 338. The van der Waals surface area contributed by atoms with Gasteiger partial charge in [0, 0.05) is 68.7 Å². The zero-order valence-electron chi connectivity index (χ0n) is 41.6. The van der Waals surface area contributed by atoms with Gasteiger partial charge < -0.3 is 34.6 Å². The van der Waals surface area contributed by atoms with Gasteiger partial charge in [-0.3, -0.25) is 10.4 Å². The minimum atomic E-state index is 0.384. The second-order valence-corrected chi connectivity index (χ2v) is 15.6. The molecular weight excluding hydrogens is 661 g/mol. The highest BCUT2D eigenvalue weighted by Crippen LogP contribution is 2.00. The van der Waals surface area contributed by atoms with Crippen molar-refractivity contribution in [2.75, 3.05) is 112 Å². The molecule has 0 radical (unpaired) electrons. The summed E-state index contributed by atoms with van der Waals surface area (Å²) in [4.78, 5) is 6.58. The summed E-state index contributed by atoms with van der Waals surface area (Å²) in [6.45, 7) is 34.0. The lowest BCUT2D eigenvalue weighted by Gasteiger charge is -2.02. The van der Waals surface area contributed by atoms with Crippen LogP contribution in [0.1, 0.15) is 117 Å². The number of hydroxylamine groups is 2. The van der Waals surface area contributed by atoms with E-state index in [9.17, 15) is 0 Å². The monoisotopic (exact) mass is 769 g/mol. The molecule has 0 heterocycles. The fourth-order valence-corrected chi connectivity index (χ4v) is 0. The van der Waals surface area contributed by atoms with Crippen LogP contribution in [0.5, 0.6) is 0 Å². The van der Waals surface area contributed by atoms with Crippen molar-refractivity contribution < 1.29 is 19.0 Å². The summed E-state index contributed by atoms with van der Waals surface area (Å²) in [5.74, 6) is 1.72. The SMILES string of the molecule is CC(C)C.CCC(C)C.CN(C)C.CNC(C)C.CNC(C)C.CNN(C)C.COC.COC(C)C.COC(C)C.CON(C)C.CSC(C)C. The molecule has 0 bridgehead atoms. The number of hydrogen-bond acceptors (Lipinski definition) is 11. The van der Waals surface area contributed by atoms with Gasteiger partial charge in [0.2, 0.25) is 0 Å². The fourth-order valence-electron chi connectivity index (χ4n) is 0. The van der Waals surface area contributed by atoms with E-state index in [-0.39, 0.29) is 0 Å². The van der Waals surface area contributed by atoms with Crippen LogP contribution in [0, 0.1) is 11.8 Å². The number of methoxy groups -OCH3 is 3. The Morgan fingerprint density at radius 1 is 0.549 bits per heavy atom. The Labute approximate surface area is 331 Å². The van der Waals surface area contributed by atoms with Crippen molar-refractivity contribution in [3.05, 3.63) is 0 Å². The molecule has 0 aromatic heterocycles. The molecule has 328 valence electrons. The summed E-state index contributed by atoms with van der Waals surface area (Å²) in [6, 6.07) is 1.27. The van der Waals surface area contributed by atoms with Crippen molar-refractivity contribution in [2.24, 2.45) is 11.8 Å². The van der Waals surface area contributed by atoms with Gasteiger partial charge in [0.25, 0.3) is 0 Å². The minimum Gasteiger partial charge on any atom is -0.388 e. The van der Waals surface area contributed by atoms with Crippen LogP contribution < -0.4 is 16.1 Å². The predicted octanol–water partition coefficient (Wildman–Crippen LogP) is 9.02. The van der Waals surface area contributed by atoms with E-state index in [1.807, 2.05) is 120 Å². The maximum Gasteiger partial charge on any atom is 0.0574 e. The van der Waals surface area contributed by atoms with Gasteiger partial charge in [0.15, 0.2) is 0 Å². The van der Waals surface area contributed by atoms with Crippen LogP contribution in [0.25, 0.3) is 0 Å². The molecule has 0 spiro atoms. The highest BCUT2D eigenvalue weighted by atomic mass is 32.2. The van der Waals surface area contributed by atoms with E-state index in [2.05, 4.69) is 115 Å². The molecule has 0 aromatic rings. The van der Waals surface area contributed by atoms with Crippen molar-refractivity contribution >= 4 is 11.8 Å². The number of nitrogens with zero attached hydrogens (tertiary/aromatic N) is 3. The van der Waals surface area contributed by atoms with Crippen molar-refractivity contribution in [1.29, 1.82) is 0 Å². The van der Waals surface area contributed by atoms with Crippen LogP contribution >= 0.6 is 11.8 Å².